The molecule has 0 bridgehead atoms. The van der Waals surface area contributed by atoms with Crippen LogP contribution in [0.3, 0.4) is 0 Å². The summed E-state index contributed by atoms with van der Waals surface area (Å²) in [5.74, 6) is 0.896. The van der Waals surface area contributed by atoms with Crippen LogP contribution in [0.2, 0.25) is 5.02 Å². The Hall–Kier alpha value is -0.710. The van der Waals surface area contributed by atoms with Crippen molar-refractivity contribution in [2.45, 2.75) is 13.8 Å². The Labute approximate surface area is 118 Å². The zero-order chi connectivity index (χ0) is 13.4. The SMILES string of the molecule is CCN(CC)CCS/C(=N/O)c1cccc(Cl)c1. The van der Waals surface area contributed by atoms with E-state index in [9.17, 15) is 0 Å². The summed E-state index contributed by atoms with van der Waals surface area (Å²) in [6, 6.07) is 7.36. The number of halogens is 1. The molecule has 0 amide bonds. The molecular formula is C13H19ClN2OS. The molecule has 0 aliphatic rings. The quantitative estimate of drug-likeness (QED) is 0.376. The van der Waals surface area contributed by atoms with Crippen molar-refractivity contribution in [1.29, 1.82) is 0 Å². The van der Waals surface area contributed by atoms with Crippen LogP contribution in [0.5, 0.6) is 0 Å². The number of nitrogens with zero attached hydrogens (tertiary/aromatic N) is 2. The van der Waals surface area contributed by atoms with Crippen molar-refractivity contribution in [2.75, 3.05) is 25.4 Å². The van der Waals surface area contributed by atoms with E-state index in [2.05, 4.69) is 23.9 Å². The molecule has 0 spiro atoms. The van der Waals surface area contributed by atoms with Crippen molar-refractivity contribution in [2.24, 2.45) is 5.16 Å². The summed E-state index contributed by atoms with van der Waals surface area (Å²) in [4.78, 5) is 2.33. The molecule has 0 atom stereocenters. The van der Waals surface area contributed by atoms with Gasteiger partial charge in [-0.05, 0) is 25.2 Å². The van der Waals surface area contributed by atoms with E-state index in [0.29, 0.717) is 10.1 Å². The van der Waals surface area contributed by atoms with Gasteiger partial charge < -0.3 is 10.1 Å². The molecule has 0 aliphatic carbocycles. The summed E-state index contributed by atoms with van der Waals surface area (Å²) in [7, 11) is 0. The van der Waals surface area contributed by atoms with E-state index in [-0.39, 0.29) is 0 Å². The summed E-state index contributed by atoms with van der Waals surface area (Å²) in [5, 5.41) is 13.7. The molecule has 0 unspecified atom stereocenters. The Kier molecular flexibility index (Phi) is 7.16. The van der Waals surface area contributed by atoms with Crippen molar-refractivity contribution in [3.05, 3.63) is 34.9 Å². The maximum absolute atomic E-state index is 9.06. The topological polar surface area (TPSA) is 35.8 Å². The fourth-order valence-corrected chi connectivity index (χ4v) is 2.69. The normalized spacial score (nSPS) is 12.1. The van der Waals surface area contributed by atoms with Crippen molar-refractivity contribution < 1.29 is 5.21 Å². The Bertz CT molecular complexity index is 394. The Morgan fingerprint density at radius 2 is 2.11 bits per heavy atom. The van der Waals surface area contributed by atoms with Gasteiger partial charge in [0.05, 0.1) is 0 Å². The fraction of sp³-hybridized carbons (Fsp3) is 0.462. The third kappa shape index (κ3) is 4.88. The van der Waals surface area contributed by atoms with Crippen LogP contribution in [0.4, 0.5) is 0 Å². The molecule has 1 aromatic rings. The van der Waals surface area contributed by atoms with Gasteiger partial charge in [-0.3, -0.25) is 0 Å². The number of thioether (sulfide) groups is 1. The number of oxime groups is 1. The molecule has 0 fully saturated rings. The predicted octanol–water partition coefficient (Wildman–Crippen LogP) is 3.55. The highest BCUT2D eigenvalue weighted by molar-refractivity contribution is 8.14. The van der Waals surface area contributed by atoms with Gasteiger partial charge in [0.1, 0.15) is 5.04 Å². The molecule has 1 N–H and O–H groups in total. The second-order valence-electron chi connectivity index (χ2n) is 3.79. The van der Waals surface area contributed by atoms with Crippen LogP contribution in [0.1, 0.15) is 19.4 Å². The second-order valence-corrected chi connectivity index (χ2v) is 5.31. The maximum Gasteiger partial charge on any atom is 0.143 e. The number of hydrogen-bond donors (Lipinski definition) is 1. The van der Waals surface area contributed by atoms with Crippen LogP contribution in [0, 0.1) is 0 Å². The van der Waals surface area contributed by atoms with E-state index in [0.717, 1.165) is 31.0 Å². The highest BCUT2D eigenvalue weighted by Gasteiger charge is 2.07. The third-order valence-corrected chi connectivity index (χ3v) is 3.92. The lowest BCUT2D eigenvalue weighted by atomic mass is 10.2. The first-order chi connectivity index (χ1) is 8.71. The van der Waals surface area contributed by atoms with Crippen molar-refractivity contribution in [3.8, 4) is 0 Å². The average Bonchev–Trinajstić information content (AvgIpc) is 2.39. The van der Waals surface area contributed by atoms with E-state index in [1.165, 1.54) is 0 Å². The molecule has 0 saturated carbocycles. The Balaban J connectivity index is 2.54. The molecule has 5 heteroatoms. The van der Waals surface area contributed by atoms with Gasteiger partial charge in [-0.2, -0.15) is 0 Å². The molecule has 3 nitrogen and oxygen atoms in total. The average molecular weight is 287 g/mol. The first-order valence-electron chi connectivity index (χ1n) is 6.04. The molecule has 0 saturated heterocycles. The van der Waals surface area contributed by atoms with Gasteiger partial charge in [-0.15, -0.1) is 11.8 Å². The van der Waals surface area contributed by atoms with E-state index in [1.807, 2.05) is 12.1 Å². The molecule has 0 aliphatic heterocycles. The van der Waals surface area contributed by atoms with Crippen molar-refractivity contribution in [3.63, 3.8) is 0 Å². The Morgan fingerprint density at radius 1 is 1.39 bits per heavy atom. The molecular weight excluding hydrogens is 268 g/mol. The van der Waals surface area contributed by atoms with Crippen LogP contribution in [0.15, 0.2) is 29.4 Å². The minimum absolute atomic E-state index is 0.615. The third-order valence-electron chi connectivity index (χ3n) is 2.70. The lowest BCUT2D eigenvalue weighted by Crippen LogP contribution is -2.25. The number of hydrogen-bond acceptors (Lipinski definition) is 4. The van der Waals surface area contributed by atoms with Gasteiger partial charge >= 0.3 is 0 Å². The highest BCUT2D eigenvalue weighted by atomic mass is 35.5. The lowest BCUT2D eigenvalue weighted by molar-refractivity contribution is 0.320. The minimum atomic E-state index is 0.615. The van der Waals surface area contributed by atoms with Crippen LogP contribution < -0.4 is 0 Å². The summed E-state index contributed by atoms with van der Waals surface area (Å²) >= 11 is 7.46. The van der Waals surface area contributed by atoms with Crippen molar-refractivity contribution >= 4 is 28.4 Å². The van der Waals surface area contributed by atoms with E-state index < -0.39 is 0 Å². The molecule has 100 valence electrons. The number of rotatable bonds is 6. The monoisotopic (exact) mass is 286 g/mol. The van der Waals surface area contributed by atoms with Gasteiger partial charge in [0.15, 0.2) is 0 Å². The predicted molar refractivity (Wildman–Crippen MR) is 80.0 cm³/mol. The van der Waals surface area contributed by atoms with Crippen LogP contribution in [-0.4, -0.2) is 40.5 Å². The standard InChI is InChI=1S/C13H19ClN2OS/c1-3-16(4-2)8-9-18-13(15-17)11-6-5-7-12(14)10-11/h5-7,10,17H,3-4,8-9H2,1-2H3/b15-13+. The molecule has 1 aromatic carbocycles. The van der Waals surface area contributed by atoms with Gasteiger partial charge in [0, 0.05) is 22.9 Å². The zero-order valence-electron chi connectivity index (χ0n) is 10.8. The number of benzene rings is 1. The van der Waals surface area contributed by atoms with E-state index in [1.54, 1.807) is 23.9 Å². The van der Waals surface area contributed by atoms with E-state index >= 15 is 0 Å². The first kappa shape index (κ1) is 15.3. The zero-order valence-corrected chi connectivity index (χ0v) is 12.3. The van der Waals surface area contributed by atoms with Crippen LogP contribution >= 0.6 is 23.4 Å². The van der Waals surface area contributed by atoms with Gasteiger partial charge in [-0.1, -0.05) is 42.7 Å². The smallest absolute Gasteiger partial charge is 0.143 e. The Morgan fingerprint density at radius 3 is 2.67 bits per heavy atom. The van der Waals surface area contributed by atoms with Gasteiger partial charge in [0.25, 0.3) is 0 Å². The lowest BCUT2D eigenvalue weighted by Gasteiger charge is -2.17. The molecule has 18 heavy (non-hydrogen) atoms. The van der Waals surface area contributed by atoms with Crippen LogP contribution in [-0.2, 0) is 0 Å². The summed E-state index contributed by atoms with van der Waals surface area (Å²) < 4.78 is 0. The highest BCUT2D eigenvalue weighted by Crippen LogP contribution is 2.17. The molecule has 1 rings (SSSR count). The summed E-state index contributed by atoms with van der Waals surface area (Å²) in [5.41, 5.74) is 0.856. The molecule has 0 radical (unpaired) electrons. The van der Waals surface area contributed by atoms with Gasteiger partial charge in [-0.25, -0.2) is 0 Å². The largest absolute Gasteiger partial charge is 0.410 e. The van der Waals surface area contributed by atoms with Crippen molar-refractivity contribution in [1.82, 2.24) is 4.90 Å². The fourth-order valence-electron chi connectivity index (χ4n) is 1.60. The minimum Gasteiger partial charge on any atom is -0.410 e. The van der Waals surface area contributed by atoms with Crippen LogP contribution in [0.25, 0.3) is 0 Å². The first-order valence-corrected chi connectivity index (χ1v) is 7.40. The van der Waals surface area contributed by atoms with E-state index in [4.69, 9.17) is 16.8 Å². The maximum atomic E-state index is 9.06. The molecule has 0 heterocycles. The second kappa shape index (κ2) is 8.40. The molecule has 0 aromatic heterocycles. The summed E-state index contributed by atoms with van der Waals surface area (Å²) in [6.07, 6.45) is 0. The van der Waals surface area contributed by atoms with Gasteiger partial charge in [0.2, 0.25) is 0 Å². The summed E-state index contributed by atoms with van der Waals surface area (Å²) in [6.45, 7) is 7.36.